The molecule has 2 heterocycles. The van der Waals surface area contributed by atoms with Crippen LogP contribution in [0.25, 0.3) is 0 Å². The Bertz CT molecular complexity index is 572. The zero-order chi connectivity index (χ0) is 16.8. The summed E-state index contributed by atoms with van der Waals surface area (Å²) in [7, 11) is 0. The van der Waals surface area contributed by atoms with Gasteiger partial charge in [0, 0.05) is 19.6 Å². The number of aromatic nitrogens is 2. The number of anilines is 2. The third kappa shape index (κ3) is 4.05. The van der Waals surface area contributed by atoms with Crippen molar-refractivity contribution in [1.82, 2.24) is 9.97 Å². The zero-order valence-electron chi connectivity index (χ0n) is 13.1. The molecule has 2 N–H and O–H groups in total. The number of hydrogen-bond acceptors (Lipinski definition) is 7. The van der Waals surface area contributed by atoms with Gasteiger partial charge in [0.05, 0.1) is 10.8 Å². The van der Waals surface area contributed by atoms with Crippen molar-refractivity contribution in [1.29, 1.82) is 0 Å². The lowest BCUT2D eigenvalue weighted by Crippen LogP contribution is -2.37. The summed E-state index contributed by atoms with van der Waals surface area (Å²) >= 11 is 0. The lowest BCUT2D eigenvalue weighted by molar-refractivity contribution is -0.383. The summed E-state index contributed by atoms with van der Waals surface area (Å²) in [5, 5.41) is 23.5. The van der Waals surface area contributed by atoms with Gasteiger partial charge < -0.3 is 15.3 Å². The molecule has 9 heteroatoms. The zero-order valence-corrected chi connectivity index (χ0v) is 13.1. The highest BCUT2D eigenvalue weighted by atomic mass is 16.6. The lowest BCUT2D eigenvalue weighted by atomic mass is 9.97. The van der Waals surface area contributed by atoms with Gasteiger partial charge in [-0.25, -0.2) is 9.97 Å². The molecule has 0 atom stereocenters. The predicted molar refractivity (Wildman–Crippen MR) is 84.7 cm³/mol. The number of nitrogens with one attached hydrogen (secondary N) is 1. The monoisotopic (exact) mass is 323 g/mol. The van der Waals surface area contributed by atoms with E-state index in [0.29, 0.717) is 32.5 Å². The van der Waals surface area contributed by atoms with Crippen molar-refractivity contribution in [2.45, 2.75) is 32.6 Å². The smallest absolute Gasteiger partial charge is 0.353 e. The van der Waals surface area contributed by atoms with Gasteiger partial charge >= 0.3 is 11.7 Å². The third-order valence-corrected chi connectivity index (χ3v) is 3.95. The number of piperidine rings is 1. The van der Waals surface area contributed by atoms with Gasteiger partial charge in [0.15, 0.2) is 0 Å². The Morgan fingerprint density at radius 1 is 1.48 bits per heavy atom. The minimum Gasteiger partial charge on any atom is -0.481 e. The molecular formula is C14H21N5O4. The molecule has 1 aliphatic heterocycles. The van der Waals surface area contributed by atoms with Crippen molar-refractivity contribution in [3.05, 3.63) is 16.4 Å². The van der Waals surface area contributed by atoms with E-state index in [2.05, 4.69) is 15.3 Å². The molecule has 126 valence electrons. The molecule has 0 unspecified atom stereocenters. The fourth-order valence-corrected chi connectivity index (χ4v) is 2.62. The first-order valence-electron chi connectivity index (χ1n) is 7.75. The summed E-state index contributed by atoms with van der Waals surface area (Å²) in [6.45, 7) is 3.51. The largest absolute Gasteiger partial charge is 0.481 e. The van der Waals surface area contributed by atoms with E-state index in [9.17, 15) is 14.9 Å². The van der Waals surface area contributed by atoms with Crippen LogP contribution in [0.3, 0.4) is 0 Å². The van der Waals surface area contributed by atoms with Gasteiger partial charge in [-0.05, 0) is 19.3 Å². The quantitative estimate of drug-likeness (QED) is 0.443. The van der Waals surface area contributed by atoms with E-state index in [0.717, 1.165) is 12.8 Å². The van der Waals surface area contributed by atoms with Crippen LogP contribution >= 0.6 is 0 Å². The second-order valence-corrected chi connectivity index (χ2v) is 5.53. The number of carboxylic acids is 1. The maximum absolute atomic E-state index is 11.5. The second-order valence-electron chi connectivity index (χ2n) is 5.53. The molecule has 0 bridgehead atoms. The summed E-state index contributed by atoms with van der Waals surface area (Å²) in [5.41, 5.74) is -0.141. The Balaban J connectivity index is 2.19. The Kier molecular flexibility index (Phi) is 5.67. The van der Waals surface area contributed by atoms with Crippen molar-refractivity contribution in [2.24, 2.45) is 5.92 Å². The molecular weight excluding hydrogens is 302 g/mol. The molecule has 1 aromatic heterocycles. The third-order valence-electron chi connectivity index (χ3n) is 3.95. The normalized spacial score (nSPS) is 15.4. The molecule has 0 aromatic carbocycles. The first kappa shape index (κ1) is 16.9. The maximum atomic E-state index is 11.5. The molecule has 0 aliphatic carbocycles. The molecule has 1 fully saturated rings. The van der Waals surface area contributed by atoms with Crippen molar-refractivity contribution < 1.29 is 14.8 Å². The van der Waals surface area contributed by atoms with Crippen LogP contribution in [0.4, 0.5) is 17.3 Å². The van der Waals surface area contributed by atoms with Gasteiger partial charge in [-0.3, -0.25) is 14.9 Å². The van der Waals surface area contributed by atoms with Crippen LogP contribution in [-0.4, -0.2) is 45.6 Å². The molecule has 0 amide bonds. The summed E-state index contributed by atoms with van der Waals surface area (Å²) in [5.74, 6) is -0.736. The van der Waals surface area contributed by atoms with Crippen LogP contribution in [-0.2, 0) is 4.79 Å². The standard InChI is InChI=1S/C14H21N5O4/c1-2-3-6-15-12-11(19(22)23)13(17-9-16-12)18-7-4-10(5-8-18)14(20)21/h9-10H,2-8H2,1H3,(H,20,21)(H,15,16,17). The van der Waals surface area contributed by atoms with Gasteiger partial charge in [-0.2, -0.15) is 0 Å². The number of nitrogens with zero attached hydrogens (tertiary/aromatic N) is 4. The van der Waals surface area contributed by atoms with Crippen molar-refractivity contribution in [3.8, 4) is 0 Å². The topological polar surface area (TPSA) is 121 Å². The highest BCUT2D eigenvalue weighted by Crippen LogP contribution is 2.34. The molecule has 9 nitrogen and oxygen atoms in total. The molecule has 2 rings (SSSR count). The van der Waals surface area contributed by atoms with Crippen LogP contribution in [0.1, 0.15) is 32.6 Å². The number of nitro groups is 1. The minimum absolute atomic E-state index is 0.141. The van der Waals surface area contributed by atoms with Gasteiger partial charge in [-0.1, -0.05) is 13.3 Å². The van der Waals surface area contributed by atoms with Gasteiger partial charge in [0.25, 0.3) is 0 Å². The van der Waals surface area contributed by atoms with E-state index in [4.69, 9.17) is 5.11 Å². The fourth-order valence-electron chi connectivity index (χ4n) is 2.62. The van der Waals surface area contributed by atoms with E-state index in [1.54, 1.807) is 4.90 Å². The molecule has 1 saturated heterocycles. The van der Waals surface area contributed by atoms with Crippen LogP contribution in [0.5, 0.6) is 0 Å². The maximum Gasteiger partial charge on any atom is 0.353 e. The Hall–Kier alpha value is -2.45. The van der Waals surface area contributed by atoms with E-state index in [1.807, 2.05) is 6.92 Å². The number of carboxylic acid groups (broad SMARTS) is 1. The summed E-state index contributed by atoms with van der Waals surface area (Å²) in [6.07, 6.45) is 4.08. The van der Waals surface area contributed by atoms with E-state index in [1.165, 1.54) is 6.33 Å². The second kappa shape index (κ2) is 7.70. The molecule has 0 spiro atoms. The van der Waals surface area contributed by atoms with E-state index in [-0.39, 0.29) is 17.3 Å². The molecule has 0 saturated carbocycles. The average Bonchev–Trinajstić information content (AvgIpc) is 2.54. The minimum atomic E-state index is -0.816. The Morgan fingerprint density at radius 3 is 2.74 bits per heavy atom. The summed E-state index contributed by atoms with van der Waals surface area (Å²) in [4.78, 5) is 31.8. The van der Waals surface area contributed by atoms with Crippen molar-refractivity contribution in [3.63, 3.8) is 0 Å². The first-order chi connectivity index (χ1) is 11.0. The van der Waals surface area contributed by atoms with Gasteiger partial charge in [0.2, 0.25) is 11.6 Å². The predicted octanol–water partition coefficient (Wildman–Crippen LogP) is 1.90. The van der Waals surface area contributed by atoms with Crippen LogP contribution in [0.2, 0.25) is 0 Å². The summed E-state index contributed by atoms with van der Waals surface area (Å²) in [6, 6.07) is 0. The first-order valence-corrected chi connectivity index (χ1v) is 7.75. The summed E-state index contributed by atoms with van der Waals surface area (Å²) < 4.78 is 0. The highest BCUT2D eigenvalue weighted by molar-refractivity contribution is 5.72. The SMILES string of the molecule is CCCCNc1ncnc(N2CCC(C(=O)O)CC2)c1[N+](=O)[O-]. The van der Waals surface area contributed by atoms with Gasteiger partial charge in [0.1, 0.15) is 6.33 Å². The van der Waals surface area contributed by atoms with Crippen molar-refractivity contribution >= 4 is 23.3 Å². The van der Waals surface area contributed by atoms with Crippen LogP contribution < -0.4 is 10.2 Å². The Labute approximate surface area is 133 Å². The highest BCUT2D eigenvalue weighted by Gasteiger charge is 2.31. The van der Waals surface area contributed by atoms with Crippen LogP contribution in [0.15, 0.2) is 6.33 Å². The number of carbonyl (C=O) groups is 1. The lowest BCUT2D eigenvalue weighted by Gasteiger charge is -2.30. The van der Waals surface area contributed by atoms with Gasteiger partial charge in [-0.15, -0.1) is 0 Å². The van der Waals surface area contributed by atoms with Crippen molar-refractivity contribution in [2.75, 3.05) is 29.9 Å². The Morgan fingerprint density at radius 2 is 2.17 bits per heavy atom. The fraction of sp³-hybridized carbons (Fsp3) is 0.643. The van der Waals surface area contributed by atoms with E-state index < -0.39 is 16.8 Å². The number of unbranched alkanes of at least 4 members (excludes halogenated alkanes) is 1. The average molecular weight is 323 g/mol. The number of hydrogen-bond donors (Lipinski definition) is 2. The molecule has 23 heavy (non-hydrogen) atoms. The number of aliphatic carboxylic acids is 1. The van der Waals surface area contributed by atoms with E-state index >= 15 is 0 Å². The number of rotatable bonds is 7. The molecule has 1 aliphatic rings. The molecule has 0 radical (unpaired) electrons. The van der Waals surface area contributed by atoms with Crippen LogP contribution in [0, 0.1) is 16.0 Å². The molecule has 1 aromatic rings.